The van der Waals surface area contributed by atoms with Crippen LogP contribution in [0.4, 0.5) is 0 Å². The number of hydrogen-bond acceptors (Lipinski definition) is 9. The lowest BCUT2D eigenvalue weighted by atomic mass is 10.0. The fourth-order valence-corrected chi connectivity index (χ4v) is 3.19. The summed E-state index contributed by atoms with van der Waals surface area (Å²) in [5, 5.41) is 25.1. The highest BCUT2D eigenvalue weighted by Crippen LogP contribution is 2.06. The highest BCUT2D eigenvalue weighted by Gasteiger charge is 2.31. The highest BCUT2D eigenvalue weighted by molar-refractivity contribution is 5.94. The molecule has 0 saturated carbocycles. The molecule has 12 N–H and O–H groups in total. The topological polar surface area (TPSA) is 303 Å². The zero-order valence-corrected chi connectivity index (χ0v) is 20.3. The Morgan fingerprint density at radius 2 is 1.26 bits per heavy atom. The van der Waals surface area contributed by atoms with Crippen LogP contribution in [-0.4, -0.2) is 85.8 Å². The summed E-state index contributed by atoms with van der Waals surface area (Å²) in [7, 11) is 0. The molecule has 38 heavy (non-hydrogen) atoms. The van der Waals surface area contributed by atoms with Crippen LogP contribution in [0, 0.1) is 0 Å². The summed E-state index contributed by atoms with van der Waals surface area (Å²) in [5.41, 5.74) is 16.6. The van der Waals surface area contributed by atoms with Gasteiger partial charge in [-0.1, -0.05) is 0 Å². The van der Waals surface area contributed by atoms with Crippen molar-refractivity contribution >= 4 is 41.5 Å². The molecule has 0 spiro atoms. The molecule has 17 heteroatoms. The molecule has 210 valence electrons. The molecule has 17 nitrogen and oxygen atoms in total. The maximum atomic E-state index is 13.0. The van der Waals surface area contributed by atoms with E-state index in [1.807, 2.05) is 0 Å². The van der Waals surface area contributed by atoms with Crippen LogP contribution in [0.2, 0.25) is 0 Å². The smallest absolute Gasteiger partial charge is 0.326 e. The number of nitrogens with zero attached hydrogens (tertiary/aromatic N) is 1. The summed E-state index contributed by atoms with van der Waals surface area (Å²) in [5.74, 6) is -7.16. The van der Waals surface area contributed by atoms with Gasteiger partial charge in [0, 0.05) is 37.6 Å². The number of carboxylic acids is 2. The van der Waals surface area contributed by atoms with Crippen molar-refractivity contribution in [3.63, 3.8) is 0 Å². The van der Waals surface area contributed by atoms with E-state index >= 15 is 0 Å². The van der Waals surface area contributed by atoms with Crippen LogP contribution < -0.4 is 33.2 Å². The quantitative estimate of drug-likeness (QED) is 0.0869. The number of carboxylic acid groups (broad SMARTS) is 2. The van der Waals surface area contributed by atoms with E-state index in [9.17, 15) is 38.7 Å². The molecule has 1 aromatic rings. The number of nitrogens with one attached hydrogen (secondary N) is 4. The molecule has 1 rings (SSSR count). The van der Waals surface area contributed by atoms with Crippen LogP contribution >= 0.6 is 0 Å². The number of aliphatic carboxylic acids is 2. The fourth-order valence-electron chi connectivity index (χ4n) is 3.19. The Labute approximate surface area is 216 Å². The maximum Gasteiger partial charge on any atom is 0.326 e. The molecule has 0 radical (unpaired) electrons. The SMILES string of the molecule is NC(=O)CCC(NC(=O)C(CCC(=O)O)NC(=O)C(CCC(N)=O)NC(=O)C(N)Cc1cnc[nH]1)C(=O)O. The van der Waals surface area contributed by atoms with Gasteiger partial charge in [-0.3, -0.25) is 28.8 Å². The lowest BCUT2D eigenvalue weighted by molar-refractivity contribution is -0.143. The van der Waals surface area contributed by atoms with Crippen molar-refractivity contribution in [3.05, 3.63) is 18.2 Å². The van der Waals surface area contributed by atoms with Crippen molar-refractivity contribution in [2.75, 3.05) is 0 Å². The summed E-state index contributed by atoms with van der Waals surface area (Å²) < 4.78 is 0. The standard InChI is InChI=1S/C21H32N8O9/c22-11(7-10-8-25-9-26-10)18(34)27-12(1-4-15(23)30)19(35)28-13(3-6-17(32)33)20(36)29-14(21(37)38)2-5-16(24)31/h8-9,11-14H,1-7,22H2,(H2,23,30)(H2,24,31)(H,25,26)(H,27,34)(H,28,35)(H,29,36)(H,32,33)(H,37,38). The first-order valence-corrected chi connectivity index (χ1v) is 11.4. The summed E-state index contributed by atoms with van der Waals surface area (Å²) >= 11 is 0. The van der Waals surface area contributed by atoms with E-state index in [0.29, 0.717) is 5.69 Å². The number of hydrogen-bond donors (Lipinski definition) is 9. The highest BCUT2D eigenvalue weighted by atomic mass is 16.4. The number of primary amides is 2. The number of carbonyl (C=O) groups is 7. The van der Waals surface area contributed by atoms with Gasteiger partial charge in [-0.2, -0.15) is 0 Å². The second-order valence-electron chi connectivity index (χ2n) is 8.35. The van der Waals surface area contributed by atoms with Gasteiger partial charge in [0.25, 0.3) is 0 Å². The Bertz CT molecular complexity index is 1010. The summed E-state index contributed by atoms with van der Waals surface area (Å²) in [6.07, 6.45) is 0.557. The van der Waals surface area contributed by atoms with E-state index in [4.69, 9.17) is 22.3 Å². The third-order valence-electron chi connectivity index (χ3n) is 5.22. The molecule has 0 aromatic carbocycles. The predicted octanol–water partition coefficient (Wildman–Crippen LogP) is -3.79. The fraction of sp³-hybridized carbons (Fsp3) is 0.524. The predicted molar refractivity (Wildman–Crippen MR) is 127 cm³/mol. The molecule has 5 amide bonds. The summed E-state index contributed by atoms with van der Waals surface area (Å²) in [4.78, 5) is 89.7. The number of aromatic nitrogens is 2. The van der Waals surface area contributed by atoms with Gasteiger partial charge in [-0.15, -0.1) is 0 Å². The zero-order chi connectivity index (χ0) is 28.8. The summed E-state index contributed by atoms with van der Waals surface area (Å²) in [6.45, 7) is 0. The average molecular weight is 541 g/mol. The van der Waals surface area contributed by atoms with Crippen molar-refractivity contribution < 1.29 is 43.8 Å². The Morgan fingerprint density at radius 1 is 0.789 bits per heavy atom. The lowest BCUT2D eigenvalue weighted by Crippen LogP contribution is -2.57. The first-order valence-electron chi connectivity index (χ1n) is 11.4. The molecule has 1 heterocycles. The molecule has 4 atom stereocenters. The van der Waals surface area contributed by atoms with E-state index in [1.165, 1.54) is 12.5 Å². The van der Waals surface area contributed by atoms with E-state index < -0.39 is 78.5 Å². The minimum absolute atomic E-state index is 0.0432. The second-order valence-corrected chi connectivity index (χ2v) is 8.35. The molecule has 0 aliphatic heterocycles. The van der Waals surface area contributed by atoms with Crippen LogP contribution in [0.3, 0.4) is 0 Å². The van der Waals surface area contributed by atoms with Crippen molar-refractivity contribution in [1.29, 1.82) is 0 Å². The monoisotopic (exact) mass is 540 g/mol. The average Bonchev–Trinajstić information content (AvgIpc) is 3.33. The minimum atomic E-state index is -1.55. The number of imidazole rings is 1. The Balaban J connectivity index is 3.01. The van der Waals surface area contributed by atoms with Crippen LogP contribution in [0.5, 0.6) is 0 Å². The number of aromatic amines is 1. The first kappa shape index (κ1) is 31.5. The van der Waals surface area contributed by atoms with Crippen molar-refractivity contribution in [2.45, 2.75) is 69.1 Å². The molecular formula is C21H32N8O9. The van der Waals surface area contributed by atoms with Crippen LogP contribution in [-0.2, 0) is 40.0 Å². The Kier molecular flexibility index (Phi) is 12.9. The van der Waals surface area contributed by atoms with Crippen molar-refractivity contribution in [2.24, 2.45) is 17.2 Å². The second kappa shape index (κ2) is 15.5. The number of nitrogens with two attached hydrogens (primary N) is 3. The Morgan fingerprint density at radius 3 is 1.71 bits per heavy atom. The molecule has 0 bridgehead atoms. The third kappa shape index (κ3) is 11.9. The van der Waals surface area contributed by atoms with Crippen LogP contribution in [0.25, 0.3) is 0 Å². The molecular weight excluding hydrogens is 508 g/mol. The number of amides is 5. The van der Waals surface area contributed by atoms with Gasteiger partial charge >= 0.3 is 11.9 Å². The number of H-pyrrole nitrogens is 1. The van der Waals surface area contributed by atoms with Gasteiger partial charge in [-0.05, 0) is 19.3 Å². The van der Waals surface area contributed by atoms with Gasteiger partial charge in [0.1, 0.15) is 18.1 Å². The van der Waals surface area contributed by atoms with Crippen molar-refractivity contribution in [3.8, 4) is 0 Å². The molecule has 0 fully saturated rings. The van der Waals surface area contributed by atoms with Gasteiger partial charge in [-0.25, -0.2) is 9.78 Å². The molecule has 0 aliphatic carbocycles. The van der Waals surface area contributed by atoms with Gasteiger partial charge in [0.15, 0.2) is 0 Å². The minimum Gasteiger partial charge on any atom is -0.481 e. The van der Waals surface area contributed by atoms with E-state index in [-0.39, 0.29) is 32.1 Å². The number of rotatable bonds is 18. The molecule has 1 aromatic heterocycles. The normalized spacial score (nSPS) is 13.8. The van der Waals surface area contributed by atoms with Crippen LogP contribution in [0.1, 0.15) is 44.2 Å². The lowest BCUT2D eigenvalue weighted by Gasteiger charge is -2.25. The van der Waals surface area contributed by atoms with Gasteiger partial charge in [0.05, 0.1) is 12.4 Å². The molecule has 4 unspecified atom stereocenters. The molecule has 0 saturated heterocycles. The third-order valence-corrected chi connectivity index (χ3v) is 5.22. The first-order chi connectivity index (χ1) is 17.8. The maximum absolute atomic E-state index is 13.0. The van der Waals surface area contributed by atoms with Gasteiger partial charge < -0.3 is 48.3 Å². The van der Waals surface area contributed by atoms with E-state index in [2.05, 4.69) is 25.9 Å². The van der Waals surface area contributed by atoms with Gasteiger partial charge in [0.2, 0.25) is 29.5 Å². The zero-order valence-electron chi connectivity index (χ0n) is 20.3. The van der Waals surface area contributed by atoms with Crippen molar-refractivity contribution in [1.82, 2.24) is 25.9 Å². The largest absolute Gasteiger partial charge is 0.481 e. The molecule has 0 aliphatic rings. The summed E-state index contributed by atoms with van der Waals surface area (Å²) in [6, 6.07) is -5.61. The van der Waals surface area contributed by atoms with E-state index in [0.717, 1.165) is 0 Å². The van der Waals surface area contributed by atoms with E-state index in [1.54, 1.807) is 0 Å². The Hall–Kier alpha value is -4.54. The number of carbonyl (C=O) groups excluding carboxylic acids is 5. The van der Waals surface area contributed by atoms with Crippen LogP contribution in [0.15, 0.2) is 12.5 Å².